The fourth-order valence-corrected chi connectivity index (χ4v) is 4.48. The first-order chi connectivity index (χ1) is 14.9. The van der Waals surface area contributed by atoms with E-state index in [0.717, 1.165) is 5.56 Å². The van der Waals surface area contributed by atoms with Crippen molar-refractivity contribution in [3.63, 3.8) is 0 Å². The standard InChI is InChI=1S/C23H16N4O3S/c1-15-10-12-16(13-11-15)31(29,30)25-20-14-22(23(28)18-7-3-2-6-17(18)20)27-21-9-5-4-8-19(21)24-26-27/h2-14H,1H3/b25-20+. The Labute approximate surface area is 178 Å². The Morgan fingerprint density at radius 1 is 0.871 bits per heavy atom. The molecule has 0 radical (unpaired) electrons. The van der Waals surface area contributed by atoms with E-state index in [4.69, 9.17) is 0 Å². The molecule has 5 rings (SSSR count). The molecule has 4 aromatic rings. The third-order valence-electron chi connectivity index (χ3n) is 5.07. The van der Waals surface area contributed by atoms with Crippen LogP contribution in [0.1, 0.15) is 21.5 Å². The lowest BCUT2D eigenvalue weighted by Gasteiger charge is -2.17. The minimum atomic E-state index is -3.98. The lowest BCUT2D eigenvalue weighted by atomic mass is 9.92. The smallest absolute Gasteiger partial charge is 0.282 e. The number of rotatable bonds is 3. The van der Waals surface area contributed by atoms with E-state index in [2.05, 4.69) is 14.7 Å². The maximum Gasteiger partial charge on any atom is 0.282 e. The van der Waals surface area contributed by atoms with Crippen LogP contribution in [0.25, 0.3) is 16.7 Å². The summed E-state index contributed by atoms with van der Waals surface area (Å²) in [7, 11) is -3.98. The van der Waals surface area contributed by atoms with Gasteiger partial charge in [0.25, 0.3) is 10.0 Å². The molecule has 8 heteroatoms. The lowest BCUT2D eigenvalue weighted by Crippen LogP contribution is -2.21. The summed E-state index contributed by atoms with van der Waals surface area (Å²) in [6.45, 7) is 1.88. The van der Waals surface area contributed by atoms with Gasteiger partial charge in [-0.1, -0.05) is 59.3 Å². The second-order valence-electron chi connectivity index (χ2n) is 7.16. The summed E-state index contributed by atoms with van der Waals surface area (Å²) in [6.07, 6.45) is 1.46. The third kappa shape index (κ3) is 3.27. The van der Waals surface area contributed by atoms with Gasteiger partial charge in [0, 0.05) is 11.1 Å². The van der Waals surface area contributed by atoms with Gasteiger partial charge in [-0.25, -0.2) is 4.68 Å². The molecule has 0 bridgehead atoms. The minimum absolute atomic E-state index is 0.0844. The Hall–Kier alpha value is -3.91. The largest absolute Gasteiger partial charge is 0.287 e. The average Bonchev–Trinajstić information content (AvgIpc) is 3.20. The molecule has 1 aromatic heterocycles. The zero-order chi connectivity index (χ0) is 21.6. The molecule has 31 heavy (non-hydrogen) atoms. The van der Waals surface area contributed by atoms with Crippen molar-refractivity contribution >= 4 is 38.2 Å². The second-order valence-corrected chi connectivity index (χ2v) is 8.76. The number of aryl methyl sites for hydroxylation is 1. The maximum absolute atomic E-state index is 13.2. The molecule has 152 valence electrons. The van der Waals surface area contributed by atoms with Crippen molar-refractivity contribution in [1.29, 1.82) is 0 Å². The molecule has 0 spiro atoms. The zero-order valence-electron chi connectivity index (χ0n) is 16.4. The van der Waals surface area contributed by atoms with Crippen LogP contribution in [0.4, 0.5) is 0 Å². The van der Waals surface area contributed by atoms with Crippen molar-refractivity contribution in [2.45, 2.75) is 11.8 Å². The van der Waals surface area contributed by atoms with Crippen LogP contribution in [0.5, 0.6) is 0 Å². The van der Waals surface area contributed by atoms with Gasteiger partial charge in [0.1, 0.15) is 11.2 Å². The first kappa shape index (κ1) is 19.1. The Bertz CT molecular complexity index is 1510. The summed E-state index contributed by atoms with van der Waals surface area (Å²) in [5, 5.41) is 8.22. The number of fused-ring (bicyclic) bond motifs is 2. The fourth-order valence-electron chi connectivity index (χ4n) is 3.49. The number of carbonyl (C=O) groups excluding carboxylic acids is 1. The Morgan fingerprint density at radius 3 is 2.32 bits per heavy atom. The number of sulfonamides is 1. The quantitative estimate of drug-likeness (QED) is 0.496. The number of Topliss-reactive ketones (excluding diaryl/α,β-unsaturated/α-hetero) is 1. The molecule has 0 fully saturated rings. The summed E-state index contributed by atoms with van der Waals surface area (Å²) < 4.78 is 31.4. The summed E-state index contributed by atoms with van der Waals surface area (Å²) in [5.41, 5.74) is 3.38. The molecule has 0 saturated heterocycles. The predicted octanol–water partition coefficient (Wildman–Crippen LogP) is 3.66. The van der Waals surface area contributed by atoms with E-state index in [1.165, 1.54) is 22.9 Å². The molecular weight excluding hydrogens is 412 g/mol. The minimum Gasteiger partial charge on any atom is -0.287 e. The van der Waals surface area contributed by atoms with E-state index in [-0.39, 0.29) is 22.1 Å². The number of allylic oxidation sites excluding steroid dienone is 2. The molecule has 3 aromatic carbocycles. The van der Waals surface area contributed by atoms with Crippen LogP contribution in [0.2, 0.25) is 0 Å². The Kier molecular flexibility index (Phi) is 4.37. The number of carbonyl (C=O) groups is 1. The molecule has 1 aliphatic carbocycles. The number of benzene rings is 3. The van der Waals surface area contributed by atoms with Gasteiger partial charge in [-0.2, -0.15) is 12.8 Å². The van der Waals surface area contributed by atoms with E-state index in [1.807, 2.05) is 19.1 Å². The molecule has 0 aliphatic heterocycles. The van der Waals surface area contributed by atoms with Crippen LogP contribution >= 0.6 is 0 Å². The van der Waals surface area contributed by atoms with Crippen molar-refractivity contribution in [1.82, 2.24) is 15.0 Å². The molecule has 0 atom stereocenters. The topological polar surface area (TPSA) is 94.3 Å². The highest BCUT2D eigenvalue weighted by atomic mass is 32.2. The number of ketones is 1. The van der Waals surface area contributed by atoms with Gasteiger partial charge in [-0.3, -0.25) is 4.79 Å². The van der Waals surface area contributed by atoms with Gasteiger partial charge >= 0.3 is 0 Å². The Morgan fingerprint density at radius 2 is 1.55 bits per heavy atom. The number of aromatic nitrogens is 3. The molecule has 1 heterocycles. The summed E-state index contributed by atoms with van der Waals surface area (Å²) in [4.78, 5) is 13.3. The Balaban J connectivity index is 1.72. The van der Waals surface area contributed by atoms with E-state index in [0.29, 0.717) is 22.2 Å². The van der Waals surface area contributed by atoms with Crippen molar-refractivity contribution in [2.75, 3.05) is 0 Å². The van der Waals surface area contributed by atoms with Gasteiger partial charge in [-0.15, -0.1) is 5.10 Å². The highest BCUT2D eigenvalue weighted by Crippen LogP contribution is 2.27. The van der Waals surface area contributed by atoms with Crippen LogP contribution in [0.15, 0.2) is 88.2 Å². The highest BCUT2D eigenvalue weighted by Gasteiger charge is 2.28. The summed E-state index contributed by atoms with van der Waals surface area (Å²) in [5.74, 6) is -0.280. The molecule has 1 aliphatic rings. The SMILES string of the molecule is Cc1ccc(S(=O)(=O)/N=C2\C=C(n3nnc4ccccc43)C(=O)c3ccccc32)cc1. The van der Waals surface area contributed by atoms with Crippen molar-refractivity contribution in [3.8, 4) is 0 Å². The third-order valence-corrected chi connectivity index (χ3v) is 6.38. The molecule has 0 amide bonds. The van der Waals surface area contributed by atoms with E-state index in [1.54, 1.807) is 48.5 Å². The van der Waals surface area contributed by atoms with Gasteiger partial charge in [0.2, 0.25) is 5.78 Å². The van der Waals surface area contributed by atoms with Gasteiger partial charge in [0.05, 0.1) is 16.1 Å². The molecular formula is C23H16N4O3S. The van der Waals surface area contributed by atoms with Crippen molar-refractivity contribution in [3.05, 3.63) is 95.6 Å². The van der Waals surface area contributed by atoms with E-state index in [9.17, 15) is 13.2 Å². The maximum atomic E-state index is 13.2. The van der Waals surface area contributed by atoms with Crippen LogP contribution < -0.4 is 0 Å². The normalized spacial score (nSPS) is 15.2. The second kappa shape index (κ2) is 7.10. The van der Waals surface area contributed by atoms with E-state index < -0.39 is 10.0 Å². The number of para-hydroxylation sites is 1. The predicted molar refractivity (Wildman–Crippen MR) is 117 cm³/mol. The van der Waals surface area contributed by atoms with Crippen LogP contribution in [-0.4, -0.2) is 34.9 Å². The average molecular weight is 428 g/mol. The van der Waals surface area contributed by atoms with Gasteiger partial charge in [-0.05, 0) is 37.3 Å². The van der Waals surface area contributed by atoms with Crippen LogP contribution in [0, 0.1) is 6.92 Å². The van der Waals surface area contributed by atoms with Crippen molar-refractivity contribution in [2.24, 2.45) is 4.40 Å². The monoisotopic (exact) mass is 428 g/mol. The summed E-state index contributed by atoms with van der Waals surface area (Å²) in [6, 6.07) is 20.5. The molecule has 0 saturated carbocycles. The molecule has 7 nitrogen and oxygen atoms in total. The molecule has 0 unspecified atom stereocenters. The fraction of sp³-hybridized carbons (Fsp3) is 0.0435. The number of nitrogens with zero attached hydrogens (tertiary/aromatic N) is 4. The summed E-state index contributed by atoms with van der Waals surface area (Å²) >= 11 is 0. The zero-order valence-corrected chi connectivity index (χ0v) is 17.2. The van der Waals surface area contributed by atoms with Gasteiger partial charge in [0.15, 0.2) is 0 Å². The number of hydrogen-bond acceptors (Lipinski definition) is 5. The van der Waals surface area contributed by atoms with Crippen LogP contribution in [0.3, 0.4) is 0 Å². The first-order valence-electron chi connectivity index (χ1n) is 9.52. The highest BCUT2D eigenvalue weighted by molar-refractivity contribution is 7.90. The van der Waals surface area contributed by atoms with E-state index >= 15 is 0 Å². The first-order valence-corrected chi connectivity index (χ1v) is 11.0. The van der Waals surface area contributed by atoms with Gasteiger partial charge < -0.3 is 0 Å². The lowest BCUT2D eigenvalue weighted by molar-refractivity contribution is 0.104. The number of hydrogen-bond donors (Lipinski definition) is 0. The molecule has 0 N–H and O–H groups in total. The van der Waals surface area contributed by atoms with Crippen molar-refractivity contribution < 1.29 is 13.2 Å². The van der Waals surface area contributed by atoms with Crippen LogP contribution in [-0.2, 0) is 10.0 Å².